The zero-order valence-corrected chi connectivity index (χ0v) is 22.8. The molecule has 1 aliphatic heterocycles. The van der Waals surface area contributed by atoms with Crippen molar-refractivity contribution in [3.63, 3.8) is 0 Å². The number of hydrogen-bond donors (Lipinski definition) is 0. The summed E-state index contributed by atoms with van der Waals surface area (Å²) in [4.78, 5) is 10.1. The smallest absolute Gasteiger partial charge is 0.129 e. The molecule has 0 bridgehead atoms. The predicted molar refractivity (Wildman–Crippen MR) is 162 cm³/mol. The summed E-state index contributed by atoms with van der Waals surface area (Å²) in [6.07, 6.45) is 0. The summed E-state index contributed by atoms with van der Waals surface area (Å²) >= 11 is 3.47. The molecule has 4 nitrogen and oxygen atoms in total. The minimum Gasteiger partial charge on any atom is -0.489 e. The van der Waals surface area contributed by atoms with Gasteiger partial charge in [-0.3, -0.25) is 9.98 Å². The van der Waals surface area contributed by atoms with E-state index < -0.39 is 0 Å². The molecule has 4 aromatic rings. The second-order valence-electron chi connectivity index (χ2n) is 8.61. The molecule has 1 heterocycles. The molecule has 0 atom stereocenters. The molecule has 4 aromatic carbocycles. The molecule has 0 aliphatic carbocycles. The Morgan fingerprint density at radius 1 is 0.500 bits per heavy atom. The Kier molecular flexibility index (Phi) is 9.55. The van der Waals surface area contributed by atoms with Crippen LogP contribution in [0.15, 0.2) is 119 Å². The normalized spacial score (nSPS) is 14.0. The van der Waals surface area contributed by atoms with Gasteiger partial charge in [-0.2, -0.15) is 0 Å². The standard InChI is InChI=1S/C32H30N2O2S2/c1-3-11-25(12-4-1)23-37-31-27-15-7-9-17-29(27)35-21-22-36-30-18-10-8-16-28(30)32(34-20-19-33-31)38-24-26-13-5-2-6-14-26/h1-18H,19-24H2. The lowest BCUT2D eigenvalue weighted by Gasteiger charge is -2.16. The van der Waals surface area contributed by atoms with Crippen molar-refractivity contribution in [1.29, 1.82) is 0 Å². The fourth-order valence-electron chi connectivity index (χ4n) is 4.01. The SMILES string of the molecule is c1ccc(CSC2=NCCN=C(SCc3ccccc3)c3ccccc3OCCOc3ccccc32)cc1. The van der Waals surface area contributed by atoms with E-state index >= 15 is 0 Å². The Balaban J connectivity index is 1.43. The summed E-state index contributed by atoms with van der Waals surface area (Å²) in [6, 6.07) is 37.2. The van der Waals surface area contributed by atoms with Gasteiger partial charge in [0, 0.05) is 22.6 Å². The van der Waals surface area contributed by atoms with Gasteiger partial charge in [0.05, 0.1) is 13.1 Å². The summed E-state index contributed by atoms with van der Waals surface area (Å²) in [7, 11) is 0. The van der Waals surface area contributed by atoms with Crippen LogP contribution in [0.1, 0.15) is 22.3 Å². The first-order valence-electron chi connectivity index (χ1n) is 12.7. The first-order valence-corrected chi connectivity index (χ1v) is 14.7. The van der Waals surface area contributed by atoms with E-state index in [0.717, 1.165) is 44.2 Å². The highest BCUT2D eigenvalue weighted by Crippen LogP contribution is 2.29. The van der Waals surface area contributed by atoms with Gasteiger partial charge >= 0.3 is 0 Å². The van der Waals surface area contributed by atoms with Crippen LogP contribution in [0.4, 0.5) is 0 Å². The number of nitrogens with zero attached hydrogens (tertiary/aromatic N) is 2. The first-order chi connectivity index (χ1) is 18.9. The molecular formula is C32H30N2O2S2. The lowest BCUT2D eigenvalue weighted by atomic mass is 10.2. The quantitative estimate of drug-likeness (QED) is 0.270. The molecule has 192 valence electrons. The van der Waals surface area contributed by atoms with Crippen LogP contribution in [0, 0.1) is 0 Å². The van der Waals surface area contributed by atoms with Crippen LogP contribution in [0.5, 0.6) is 11.5 Å². The number of rotatable bonds is 4. The van der Waals surface area contributed by atoms with E-state index in [9.17, 15) is 0 Å². The molecule has 5 rings (SSSR count). The van der Waals surface area contributed by atoms with E-state index in [1.54, 1.807) is 23.5 Å². The van der Waals surface area contributed by atoms with Crippen molar-refractivity contribution in [2.24, 2.45) is 9.98 Å². The molecule has 0 fully saturated rings. The summed E-state index contributed by atoms with van der Waals surface area (Å²) in [5.41, 5.74) is 4.54. The van der Waals surface area contributed by atoms with Crippen LogP contribution in [0.2, 0.25) is 0 Å². The highest BCUT2D eigenvalue weighted by atomic mass is 32.2. The van der Waals surface area contributed by atoms with Gasteiger partial charge in [-0.1, -0.05) is 84.9 Å². The fourth-order valence-corrected chi connectivity index (χ4v) is 6.02. The lowest BCUT2D eigenvalue weighted by Crippen LogP contribution is -2.13. The van der Waals surface area contributed by atoms with E-state index in [1.807, 2.05) is 48.5 Å². The van der Waals surface area contributed by atoms with Crippen molar-refractivity contribution < 1.29 is 9.47 Å². The Morgan fingerprint density at radius 3 is 1.34 bits per heavy atom. The number of ether oxygens (including phenoxy) is 2. The summed E-state index contributed by atoms with van der Waals surface area (Å²) < 4.78 is 12.4. The summed E-state index contributed by atoms with van der Waals surface area (Å²) in [6.45, 7) is 2.05. The van der Waals surface area contributed by atoms with Crippen molar-refractivity contribution in [2.75, 3.05) is 26.3 Å². The molecular weight excluding hydrogens is 508 g/mol. The molecule has 0 saturated carbocycles. The Bertz CT molecular complexity index is 1270. The highest BCUT2D eigenvalue weighted by molar-refractivity contribution is 8.14. The number of aliphatic imine (C=N–C) groups is 2. The Morgan fingerprint density at radius 2 is 0.895 bits per heavy atom. The van der Waals surface area contributed by atoms with Crippen LogP contribution < -0.4 is 9.47 Å². The molecule has 38 heavy (non-hydrogen) atoms. The van der Waals surface area contributed by atoms with E-state index in [0.29, 0.717) is 26.3 Å². The van der Waals surface area contributed by atoms with E-state index in [4.69, 9.17) is 19.5 Å². The van der Waals surface area contributed by atoms with Crippen LogP contribution in [0.25, 0.3) is 0 Å². The van der Waals surface area contributed by atoms with Crippen LogP contribution in [-0.2, 0) is 11.5 Å². The van der Waals surface area contributed by atoms with Gasteiger partial charge < -0.3 is 9.47 Å². The number of thioether (sulfide) groups is 2. The number of para-hydroxylation sites is 2. The van der Waals surface area contributed by atoms with Gasteiger partial charge in [0.25, 0.3) is 0 Å². The third kappa shape index (κ3) is 7.30. The number of fused-ring (bicyclic) bond motifs is 2. The number of hydrogen-bond acceptors (Lipinski definition) is 6. The molecule has 0 saturated heterocycles. The molecule has 0 spiro atoms. The van der Waals surface area contributed by atoms with Crippen molar-refractivity contribution in [1.82, 2.24) is 0 Å². The minimum atomic E-state index is 0.436. The zero-order chi connectivity index (χ0) is 25.8. The summed E-state index contributed by atoms with van der Waals surface area (Å²) in [5.74, 6) is 3.32. The van der Waals surface area contributed by atoms with Gasteiger partial charge in [0.2, 0.25) is 0 Å². The molecule has 0 amide bonds. The predicted octanol–water partition coefficient (Wildman–Crippen LogP) is 7.52. The van der Waals surface area contributed by atoms with E-state index in [2.05, 4.69) is 60.7 Å². The third-order valence-electron chi connectivity index (χ3n) is 5.88. The van der Waals surface area contributed by atoms with Crippen LogP contribution in [-0.4, -0.2) is 36.4 Å². The maximum absolute atomic E-state index is 6.21. The minimum absolute atomic E-state index is 0.436. The average Bonchev–Trinajstić information content (AvgIpc) is 2.98. The topological polar surface area (TPSA) is 43.2 Å². The lowest BCUT2D eigenvalue weighted by molar-refractivity contribution is 0.217. The number of benzene rings is 4. The van der Waals surface area contributed by atoms with Gasteiger partial charge in [-0.15, -0.1) is 23.5 Å². The zero-order valence-electron chi connectivity index (χ0n) is 21.2. The van der Waals surface area contributed by atoms with E-state index in [1.165, 1.54) is 11.1 Å². The third-order valence-corrected chi connectivity index (χ3v) is 8.08. The molecule has 0 aromatic heterocycles. The second-order valence-corrected chi connectivity index (χ2v) is 10.5. The van der Waals surface area contributed by atoms with Gasteiger partial charge in [-0.25, -0.2) is 0 Å². The fraction of sp³-hybridized carbons (Fsp3) is 0.188. The maximum Gasteiger partial charge on any atom is 0.129 e. The molecule has 0 N–H and O–H groups in total. The molecule has 1 aliphatic rings. The largest absolute Gasteiger partial charge is 0.489 e. The average molecular weight is 539 g/mol. The Hall–Kier alpha value is -3.48. The monoisotopic (exact) mass is 538 g/mol. The summed E-state index contributed by atoms with van der Waals surface area (Å²) in [5, 5.41) is 1.94. The molecule has 0 radical (unpaired) electrons. The van der Waals surface area contributed by atoms with Gasteiger partial charge in [-0.05, 0) is 35.4 Å². The second kappa shape index (κ2) is 13.9. The van der Waals surface area contributed by atoms with E-state index in [-0.39, 0.29) is 0 Å². The molecule has 0 unspecified atom stereocenters. The first kappa shape index (κ1) is 26.1. The highest BCUT2D eigenvalue weighted by Gasteiger charge is 2.15. The maximum atomic E-state index is 6.21. The van der Waals surface area contributed by atoms with Crippen LogP contribution in [0.3, 0.4) is 0 Å². The van der Waals surface area contributed by atoms with Crippen LogP contribution >= 0.6 is 23.5 Å². The van der Waals surface area contributed by atoms with Crippen molar-refractivity contribution in [3.05, 3.63) is 131 Å². The molecule has 6 heteroatoms. The van der Waals surface area contributed by atoms with Crippen molar-refractivity contribution in [2.45, 2.75) is 11.5 Å². The van der Waals surface area contributed by atoms with Gasteiger partial charge in [0.15, 0.2) is 0 Å². The van der Waals surface area contributed by atoms with Crippen molar-refractivity contribution in [3.8, 4) is 11.5 Å². The van der Waals surface area contributed by atoms with Crippen molar-refractivity contribution >= 4 is 33.6 Å². The Labute approximate surface area is 233 Å². The van der Waals surface area contributed by atoms with Gasteiger partial charge in [0.1, 0.15) is 34.8 Å².